The third kappa shape index (κ3) is 2.92. The van der Waals surface area contributed by atoms with E-state index in [1.807, 2.05) is 24.3 Å². The second kappa shape index (κ2) is 6.00. The zero-order valence-corrected chi connectivity index (χ0v) is 13.2. The normalized spacial score (nSPS) is 14.9. The first-order valence-corrected chi connectivity index (χ1v) is 8.79. The molecule has 2 aromatic carbocycles. The van der Waals surface area contributed by atoms with Gasteiger partial charge in [0, 0.05) is 18.7 Å². The number of nitro benzene ring substituents is 1. The Morgan fingerprint density at radius 1 is 1.00 bits per heavy atom. The summed E-state index contributed by atoms with van der Waals surface area (Å²) in [7, 11) is -3.73. The van der Waals surface area contributed by atoms with Crippen molar-refractivity contribution in [2.45, 2.75) is 24.2 Å². The van der Waals surface area contributed by atoms with Gasteiger partial charge in [-0.2, -0.15) is 0 Å². The summed E-state index contributed by atoms with van der Waals surface area (Å²) in [6, 6.07) is 12.5. The molecule has 1 aliphatic heterocycles. The molecule has 1 aliphatic rings. The lowest BCUT2D eigenvalue weighted by atomic mass is 10.1. The Hall–Kier alpha value is -2.41. The fraction of sp³-hybridized carbons (Fsp3) is 0.250. The lowest BCUT2D eigenvalue weighted by molar-refractivity contribution is -0.384. The van der Waals surface area contributed by atoms with Gasteiger partial charge in [-0.25, -0.2) is 8.42 Å². The SMILES string of the molecule is O=[N+]([O-])c1ccc(S(=O)(=O)N2CCCCc3ccccc32)cc1. The van der Waals surface area contributed by atoms with E-state index in [0.717, 1.165) is 24.8 Å². The fourth-order valence-corrected chi connectivity index (χ4v) is 4.31. The Morgan fingerprint density at radius 2 is 1.70 bits per heavy atom. The average Bonchev–Trinajstić information content (AvgIpc) is 2.77. The van der Waals surface area contributed by atoms with Gasteiger partial charge in [0.1, 0.15) is 0 Å². The fourth-order valence-electron chi connectivity index (χ4n) is 2.77. The largest absolute Gasteiger partial charge is 0.269 e. The monoisotopic (exact) mass is 332 g/mol. The number of hydrogen-bond donors (Lipinski definition) is 0. The Balaban J connectivity index is 2.04. The molecule has 0 spiro atoms. The van der Waals surface area contributed by atoms with E-state index in [0.29, 0.717) is 12.2 Å². The number of fused-ring (bicyclic) bond motifs is 1. The molecule has 0 amide bonds. The zero-order valence-electron chi connectivity index (χ0n) is 12.4. The number of rotatable bonds is 3. The second-order valence-electron chi connectivity index (χ2n) is 5.41. The summed E-state index contributed by atoms with van der Waals surface area (Å²) >= 11 is 0. The Labute approximate surface area is 134 Å². The highest BCUT2D eigenvalue weighted by atomic mass is 32.2. The first-order chi connectivity index (χ1) is 11.0. The lowest BCUT2D eigenvalue weighted by Gasteiger charge is -2.24. The highest BCUT2D eigenvalue weighted by Gasteiger charge is 2.28. The summed E-state index contributed by atoms with van der Waals surface area (Å²) in [6.07, 6.45) is 2.56. The molecule has 3 rings (SSSR count). The number of nitrogens with zero attached hydrogens (tertiary/aromatic N) is 2. The topological polar surface area (TPSA) is 80.5 Å². The van der Waals surface area contributed by atoms with Crippen LogP contribution in [0.5, 0.6) is 0 Å². The predicted molar refractivity (Wildman–Crippen MR) is 87.0 cm³/mol. The van der Waals surface area contributed by atoms with Crippen molar-refractivity contribution >= 4 is 21.4 Å². The van der Waals surface area contributed by atoms with Gasteiger partial charge in [-0.3, -0.25) is 14.4 Å². The van der Waals surface area contributed by atoms with E-state index in [1.165, 1.54) is 28.6 Å². The van der Waals surface area contributed by atoms with Gasteiger partial charge in [0.25, 0.3) is 15.7 Å². The van der Waals surface area contributed by atoms with Crippen LogP contribution in [0.4, 0.5) is 11.4 Å². The van der Waals surface area contributed by atoms with Crippen LogP contribution in [0.1, 0.15) is 18.4 Å². The van der Waals surface area contributed by atoms with Gasteiger partial charge in [-0.1, -0.05) is 18.2 Å². The van der Waals surface area contributed by atoms with Crippen LogP contribution in [0.15, 0.2) is 53.4 Å². The van der Waals surface area contributed by atoms with Crippen molar-refractivity contribution in [2.24, 2.45) is 0 Å². The van der Waals surface area contributed by atoms with Crippen LogP contribution in [0.25, 0.3) is 0 Å². The first kappa shape index (κ1) is 15.5. The molecular formula is C16H16N2O4S. The van der Waals surface area contributed by atoms with Crippen LogP contribution in [-0.2, 0) is 16.4 Å². The molecule has 0 radical (unpaired) electrons. The van der Waals surface area contributed by atoms with Gasteiger partial charge in [0.15, 0.2) is 0 Å². The Bertz CT molecular complexity index is 831. The van der Waals surface area contributed by atoms with Crippen LogP contribution in [-0.4, -0.2) is 19.9 Å². The number of non-ortho nitro benzene ring substituents is 1. The van der Waals surface area contributed by atoms with Gasteiger partial charge < -0.3 is 0 Å². The van der Waals surface area contributed by atoms with E-state index < -0.39 is 14.9 Å². The molecule has 0 saturated heterocycles. The number of hydrogen-bond acceptors (Lipinski definition) is 4. The van der Waals surface area contributed by atoms with Crippen molar-refractivity contribution in [1.82, 2.24) is 0 Å². The van der Waals surface area contributed by atoms with Crippen LogP contribution in [0, 0.1) is 10.1 Å². The second-order valence-corrected chi connectivity index (χ2v) is 7.28. The standard InChI is InChI=1S/C16H16N2O4S/c19-18(20)14-8-10-15(11-9-14)23(21,22)17-12-4-3-6-13-5-1-2-7-16(13)17/h1-2,5,7-11H,3-4,6,12H2. The van der Waals surface area contributed by atoms with Crippen molar-refractivity contribution in [2.75, 3.05) is 10.8 Å². The molecule has 1 heterocycles. The molecule has 2 aromatic rings. The minimum absolute atomic E-state index is 0.0693. The van der Waals surface area contributed by atoms with E-state index >= 15 is 0 Å². The zero-order chi connectivity index (χ0) is 16.4. The molecule has 0 unspecified atom stereocenters. The number of sulfonamides is 1. The quantitative estimate of drug-likeness (QED) is 0.639. The number of benzene rings is 2. The van der Waals surface area contributed by atoms with E-state index in [-0.39, 0.29) is 10.6 Å². The van der Waals surface area contributed by atoms with E-state index in [4.69, 9.17) is 0 Å². The van der Waals surface area contributed by atoms with Gasteiger partial charge in [0.2, 0.25) is 0 Å². The van der Waals surface area contributed by atoms with Crippen molar-refractivity contribution in [3.63, 3.8) is 0 Å². The van der Waals surface area contributed by atoms with Crippen LogP contribution in [0.3, 0.4) is 0 Å². The molecule has 120 valence electrons. The maximum absolute atomic E-state index is 12.9. The number of aryl methyl sites for hydroxylation is 1. The third-order valence-electron chi connectivity index (χ3n) is 3.95. The van der Waals surface area contributed by atoms with Gasteiger partial charge in [-0.05, 0) is 43.0 Å². The van der Waals surface area contributed by atoms with Crippen molar-refractivity contribution in [1.29, 1.82) is 0 Å². The molecule has 23 heavy (non-hydrogen) atoms. The predicted octanol–water partition coefficient (Wildman–Crippen LogP) is 3.13. The molecule has 0 atom stereocenters. The minimum Gasteiger partial charge on any atom is -0.266 e. The minimum atomic E-state index is -3.73. The van der Waals surface area contributed by atoms with Crippen LogP contribution < -0.4 is 4.31 Å². The molecule has 6 nitrogen and oxygen atoms in total. The summed E-state index contributed by atoms with van der Waals surface area (Å²) in [5, 5.41) is 10.7. The molecule has 7 heteroatoms. The molecule has 0 aromatic heterocycles. The smallest absolute Gasteiger partial charge is 0.266 e. The summed E-state index contributed by atoms with van der Waals surface area (Å²) in [5.41, 5.74) is 1.58. The molecule has 0 saturated carbocycles. The Morgan fingerprint density at radius 3 is 2.39 bits per heavy atom. The third-order valence-corrected chi connectivity index (χ3v) is 5.78. The molecule has 0 bridgehead atoms. The molecule has 0 fully saturated rings. The van der Waals surface area contributed by atoms with Crippen LogP contribution in [0.2, 0.25) is 0 Å². The highest BCUT2D eigenvalue weighted by Crippen LogP contribution is 2.31. The lowest BCUT2D eigenvalue weighted by Crippen LogP contribution is -2.31. The first-order valence-electron chi connectivity index (χ1n) is 7.35. The highest BCUT2D eigenvalue weighted by molar-refractivity contribution is 7.92. The maximum atomic E-state index is 12.9. The average molecular weight is 332 g/mol. The van der Waals surface area contributed by atoms with Crippen molar-refractivity contribution < 1.29 is 13.3 Å². The summed E-state index contributed by atoms with van der Waals surface area (Å²) in [6.45, 7) is 0.413. The number of para-hydroxylation sites is 1. The van der Waals surface area contributed by atoms with Crippen molar-refractivity contribution in [3.8, 4) is 0 Å². The van der Waals surface area contributed by atoms with Gasteiger partial charge in [-0.15, -0.1) is 0 Å². The van der Waals surface area contributed by atoms with Gasteiger partial charge in [0.05, 0.1) is 15.5 Å². The summed E-state index contributed by atoms with van der Waals surface area (Å²) in [4.78, 5) is 10.2. The van der Waals surface area contributed by atoms with Gasteiger partial charge >= 0.3 is 0 Å². The summed E-state index contributed by atoms with van der Waals surface area (Å²) < 4.78 is 27.3. The van der Waals surface area contributed by atoms with E-state index in [2.05, 4.69) is 0 Å². The van der Waals surface area contributed by atoms with Crippen LogP contribution >= 0.6 is 0 Å². The van der Waals surface area contributed by atoms with Crippen molar-refractivity contribution in [3.05, 3.63) is 64.2 Å². The molecule has 0 N–H and O–H groups in total. The maximum Gasteiger partial charge on any atom is 0.269 e. The Kier molecular flexibility index (Phi) is 4.04. The number of nitro groups is 1. The van der Waals surface area contributed by atoms with E-state index in [1.54, 1.807) is 0 Å². The summed E-state index contributed by atoms with van der Waals surface area (Å²) in [5.74, 6) is 0. The molecular weight excluding hydrogens is 316 g/mol. The number of anilines is 1. The van der Waals surface area contributed by atoms with E-state index in [9.17, 15) is 18.5 Å². The molecule has 0 aliphatic carbocycles.